The summed E-state index contributed by atoms with van der Waals surface area (Å²) in [5.74, 6) is 1.68. The lowest BCUT2D eigenvalue weighted by Crippen LogP contribution is -2.40. The van der Waals surface area contributed by atoms with Crippen molar-refractivity contribution in [3.63, 3.8) is 0 Å². The van der Waals surface area contributed by atoms with E-state index >= 15 is 0 Å². The number of hydroxylamine groups is 1. The number of nitrogens with zero attached hydrogens (tertiary/aromatic N) is 1. The Morgan fingerprint density at radius 2 is 2.54 bits per heavy atom. The molecule has 1 unspecified atom stereocenters. The van der Waals surface area contributed by atoms with Crippen molar-refractivity contribution in [2.24, 2.45) is 5.73 Å². The minimum absolute atomic E-state index is 0.0309. The Bertz CT molecular complexity index is 313. The Kier molecular flexibility index (Phi) is 2.84. The average molecular weight is 182 g/mol. The summed E-state index contributed by atoms with van der Waals surface area (Å²) < 4.78 is 5.50. The van der Waals surface area contributed by atoms with Crippen LogP contribution in [0.25, 0.3) is 0 Å². The zero-order valence-corrected chi connectivity index (χ0v) is 7.19. The minimum Gasteiger partial charge on any atom is -0.616 e. The molecular weight excluding hydrogens is 172 g/mol. The maximum atomic E-state index is 11.1. The summed E-state index contributed by atoms with van der Waals surface area (Å²) in [4.78, 5) is 10.3. The Morgan fingerprint density at radius 1 is 1.85 bits per heavy atom. The van der Waals surface area contributed by atoms with Crippen molar-refractivity contribution in [3.05, 3.63) is 23.1 Å². The molecule has 0 aliphatic carbocycles. The normalized spacial score (nSPS) is 21.7. The van der Waals surface area contributed by atoms with Crippen molar-refractivity contribution in [2.75, 3.05) is 6.61 Å². The smallest absolute Gasteiger partial charge is 0.376 e. The molecule has 5 nitrogen and oxygen atoms in total. The van der Waals surface area contributed by atoms with Crippen molar-refractivity contribution in [3.8, 4) is 0 Å². The highest BCUT2D eigenvalue weighted by molar-refractivity contribution is 5.86. The molecule has 1 atom stereocenters. The van der Waals surface area contributed by atoms with Gasteiger partial charge < -0.3 is 15.7 Å². The summed E-state index contributed by atoms with van der Waals surface area (Å²) in [6, 6.07) is -0.806. The monoisotopic (exact) mass is 182 g/mol. The SMILES string of the molecule is CCOC1=[N+]([O-])C=CC(=C=O)C1N. The van der Waals surface area contributed by atoms with Crippen LogP contribution in [-0.2, 0) is 9.53 Å². The van der Waals surface area contributed by atoms with Gasteiger partial charge in [0.15, 0.2) is 12.2 Å². The van der Waals surface area contributed by atoms with Crippen LogP contribution in [0.4, 0.5) is 0 Å². The number of carbonyl (C=O) groups excluding carboxylic acids is 1. The molecule has 0 saturated heterocycles. The van der Waals surface area contributed by atoms with Crippen LogP contribution in [-0.4, -0.2) is 29.2 Å². The summed E-state index contributed by atoms with van der Waals surface area (Å²) in [5.41, 5.74) is 5.77. The van der Waals surface area contributed by atoms with Crippen molar-refractivity contribution in [1.29, 1.82) is 0 Å². The Hall–Kier alpha value is -1.58. The predicted octanol–water partition coefficient (Wildman–Crippen LogP) is -0.456. The summed E-state index contributed by atoms with van der Waals surface area (Å²) in [5, 5.41) is 11.1. The molecule has 1 aliphatic rings. The first-order chi connectivity index (χ1) is 6.20. The highest BCUT2D eigenvalue weighted by Gasteiger charge is 2.28. The number of hydrogen-bond acceptors (Lipinski definition) is 4. The first-order valence-corrected chi connectivity index (χ1v) is 3.85. The zero-order valence-electron chi connectivity index (χ0n) is 7.19. The van der Waals surface area contributed by atoms with Crippen LogP contribution in [0.5, 0.6) is 0 Å². The highest BCUT2D eigenvalue weighted by Crippen LogP contribution is 2.07. The minimum atomic E-state index is -0.806. The van der Waals surface area contributed by atoms with E-state index in [1.54, 1.807) is 12.9 Å². The molecule has 0 saturated carbocycles. The van der Waals surface area contributed by atoms with Crippen molar-refractivity contribution >= 4 is 11.8 Å². The number of rotatable bonds is 1. The molecule has 0 amide bonds. The van der Waals surface area contributed by atoms with Gasteiger partial charge in [-0.15, -0.1) is 4.74 Å². The van der Waals surface area contributed by atoms with Gasteiger partial charge in [0.25, 0.3) is 0 Å². The van der Waals surface area contributed by atoms with Gasteiger partial charge in [0.2, 0.25) is 0 Å². The first kappa shape index (κ1) is 9.51. The highest BCUT2D eigenvalue weighted by atomic mass is 16.5. The summed E-state index contributed by atoms with van der Waals surface area (Å²) in [6.45, 7) is 2.07. The summed E-state index contributed by atoms with van der Waals surface area (Å²) in [6.07, 6.45) is 2.50. The van der Waals surface area contributed by atoms with Gasteiger partial charge in [-0.05, 0) is 6.92 Å². The fourth-order valence-electron chi connectivity index (χ4n) is 0.994. The Morgan fingerprint density at radius 3 is 3.08 bits per heavy atom. The van der Waals surface area contributed by atoms with Crippen LogP contribution in [0.3, 0.4) is 0 Å². The molecule has 1 heterocycles. The molecule has 2 N–H and O–H groups in total. The fourth-order valence-corrected chi connectivity index (χ4v) is 0.994. The van der Waals surface area contributed by atoms with E-state index in [1.807, 2.05) is 0 Å². The quantitative estimate of drug-likeness (QED) is 0.338. The first-order valence-electron chi connectivity index (χ1n) is 3.85. The van der Waals surface area contributed by atoms with Crippen LogP contribution in [0.1, 0.15) is 6.92 Å². The second-order valence-corrected chi connectivity index (χ2v) is 2.45. The average Bonchev–Trinajstić information content (AvgIpc) is 2.12. The van der Waals surface area contributed by atoms with Crippen molar-refractivity contribution in [1.82, 2.24) is 0 Å². The van der Waals surface area contributed by atoms with E-state index in [0.29, 0.717) is 11.3 Å². The van der Waals surface area contributed by atoms with Gasteiger partial charge in [-0.3, -0.25) is 0 Å². The Labute approximate surface area is 75.4 Å². The molecule has 13 heavy (non-hydrogen) atoms. The maximum Gasteiger partial charge on any atom is 0.376 e. The third-order valence-electron chi connectivity index (χ3n) is 1.62. The van der Waals surface area contributed by atoms with E-state index in [-0.39, 0.29) is 11.5 Å². The Balaban J connectivity index is 3.00. The lowest BCUT2D eigenvalue weighted by atomic mass is 10.1. The molecule has 70 valence electrons. The molecule has 1 rings (SSSR count). The van der Waals surface area contributed by atoms with Crippen LogP contribution >= 0.6 is 0 Å². The third kappa shape index (κ3) is 1.77. The molecule has 0 bridgehead atoms. The molecule has 1 aliphatic heterocycles. The molecular formula is C8H10N2O3. The van der Waals surface area contributed by atoms with Gasteiger partial charge >= 0.3 is 5.90 Å². The van der Waals surface area contributed by atoms with E-state index in [4.69, 9.17) is 10.5 Å². The molecule has 0 spiro atoms. The van der Waals surface area contributed by atoms with Crippen LogP contribution in [0.2, 0.25) is 0 Å². The van der Waals surface area contributed by atoms with Gasteiger partial charge in [-0.1, -0.05) is 0 Å². The number of nitrogens with two attached hydrogens (primary N) is 1. The van der Waals surface area contributed by atoms with Crippen LogP contribution in [0, 0.1) is 5.21 Å². The maximum absolute atomic E-state index is 11.1. The second-order valence-electron chi connectivity index (χ2n) is 2.45. The fraction of sp³-hybridized carbons (Fsp3) is 0.375. The number of hydrogen-bond donors (Lipinski definition) is 1. The van der Waals surface area contributed by atoms with Crippen molar-refractivity contribution < 1.29 is 14.3 Å². The molecule has 0 radical (unpaired) electrons. The summed E-state index contributed by atoms with van der Waals surface area (Å²) >= 11 is 0. The van der Waals surface area contributed by atoms with Gasteiger partial charge in [-0.25, -0.2) is 4.79 Å². The third-order valence-corrected chi connectivity index (χ3v) is 1.62. The molecule has 0 aromatic heterocycles. The van der Waals surface area contributed by atoms with E-state index < -0.39 is 6.04 Å². The zero-order chi connectivity index (χ0) is 9.84. The standard InChI is InChI=1S/C8H10N2O3/c1-2-13-8-7(9)6(5-11)3-4-10(8)12/h3-4,7H,2,9H2,1H3. The summed E-state index contributed by atoms with van der Waals surface area (Å²) in [7, 11) is 0. The second kappa shape index (κ2) is 3.89. The van der Waals surface area contributed by atoms with Gasteiger partial charge in [0.1, 0.15) is 5.94 Å². The largest absolute Gasteiger partial charge is 0.616 e. The van der Waals surface area contributed by atoms with E-state index in [1.165, 1.54) is 12.3 Å². The molecule has 0 aromatic carbocycles. The lowest BCUT2D eigenvalue weighted by molar-refractivity contribution is -0.394. The molecule has 0 aromatic rings. The van der Waals surface area contributed by atoms with Gasteiger partial charge in [0.05, 0.1) is 12.2 Å². The van der Waals surface area contributed by atoms with Crippen LogP contribution in [0.15, 0.2) is 17.8 Å². The van der Waals surface area contributed by atoms with E-state index in [0.717, 1.165) is 0 Å². The topological polar surface area (TPSA) is 78.4 Å². The van der Waals surface area contributed by atoms with Crippen LogP contribution < -0.4 is 5.73 Å². The lowest BCUT2D eigenvalue weighted by Gasteiger charge is -2.15. The number of ether oxygens (including phenoxy) is 1. The molecule has 0 fully saturated rings. The van der Waals surface area contributed by atoms with Gasteiger partial charge in [-0.2, -0.15) is 0 Å². The van der Waals surface area contributed by atoms with Crippen molar-refractivity contribution in [2.45, 2.75) is 13.0 Å². The predicted molar refractivity (Wildman–Crippen MR) is 46.6 cm³/mol. The van der Waals surface area contributed by atoms with E-state index in [2.05, 4.69) is 0 Å². The van der Waals surface area contributed by atoms with Gasteiger partial charge in [0, 0.05) is 6.08 Å². The van der Waals surface area contributed by atoms with E-state index in [9.17, 15) is 10.0 Å². The molecule has 5 heteroatoms.